The number of nitrogens with zero attached hydrogens (tertiary/aromatic N) is 1. The van der Waals surface area contributed by atoms with Crippen LogP contribution in [-0.4, -0.2) is 10.1 Å². The van der Waals surface area contributed by atoms with Crippen LogP contribution in [0.5, 0.6) is 5.75 Å². The zero-order valence-electron chi connectivity index (χ0n) is 6.47. The number of hydrogen-bond acceptors (Lipinski definition) is 3. The molecule has 0 aliphatic carbocycles. The predicted octanol–water partition coefficient (Wildman–Crippen LogP) is 2.05. The number of aromatic hydroxyl groups is 1. The Morgan fingerprint density at radius 2 is 2.23 bits per heavy atom. The second kappa shape index (κ2) is 3.74. The summed E-state index contributed by atoms with van der Waals surface area (Å²) in [6.45, 7) is 0. The molecule has 13 heavy (non-hydrogen) atoms. The molecule has 3 N–H and O–H groups in total. The van der Waals surface area contributed by atoms with Crippen molar-refractivity contribution in [1.82, 2.24) is 4.98 Å². The molecule has 1 heterocycles. The van der Waals surface area contributed by atoms with Crippen molar-refractivity contribution < 1.29 is 13.9 Å². The summed E-state index contributed by atoms with van der Waals surface area (Å²) >= 11 is 5.38. The van der Waals surface area contributed by atoms with Crippen molar-refractivity contribution in [3.8, 4) is 5.75 Å². The Hall–Kier alpha value is -1.10. The maximum Gasteiger partial charge on any atom is 0.280 e. The summed E-state index contributed by atoms with van der Waals surface area (Å²) in [6.07, 6.45) is -2.74. The monoisotopic (exact) mass is 208 g/mol. The molecule has 0 amide bonds. The lowest BCUT2D eigenvalue weighted by Crippen LogP contribution is -2.01. The number of nitrogen functional groups attached to an aromatic ring is 1. The van der Waals surface area contributed by atoms with Gasteiger partial charge in [-0.05, 0) is 11.6 Å². The third kappa shape index (κ3) is 1.98. The third-order valence-corrected chi connectivity index (χ3v) is 1.78. The molecule has 0 fully saturated rings. The van der Waals surface area contributed by atoms with Crippen LogP contribution in [-0.2, 0) is 5.88 Å². The first kappa shape index (κ1) is 9.98. The standard InChI is InChI=1S/C7H7ClF2N2O/c8-2-3-1-4(13)7(11)12-5(3)6(9)10/h1,6,13H,2H2,(H2,11,12). The minimum Gasteiger partial charge on any atom is -0.504 e. The van der Waals surface area contributed by atoms with Crippen molar-refractivity contribution in [3.63, 3.8) is 0 Å². The first-order valence-electron chi connectivity index (χ1n) is 3.38. The fourth-order valence-corrected chi connectivity index (χ4v) is 1.08. The van der Waals surface area contributed by atoms with Crippen LogP contribution in [0.2, 0.25) is 0 Å². The van der Waals surface area contributed by atoms with E-state index in [0.29, 0.717) is 0 Å². The van der Waals surface area contributed by atoms with Crippen LogP contribution >= 0.6 is 11.6 Å². The van der Waals surface area contributed by atoms with Crippen LogP contribution in [0, 0.1) is 0 Å². The summed E-state index contributed by atoms with van der Waals surface area (Å²) < 4.78 is 24.5. The Morgan fingerprint density at radius 3 is 2.69 bits per heavy atom. The van der Waals surface area contributed by atoms with Gasteiger partial charge in [0.1, 0.15) is 5.69 Å². The minimum atomic E-state index is -2.74. The van der Waals surface area contributed by atoms with Crippen LogP contribution in [0.1, 0.15) is 17.7 Å². The number of nitrogens with two attached hydrogens (primary N) is 1. The first-order valence-corrected chi connectivity index (χ1v) is 3.92. The zero-order valence-corrected chi connectivity index (χ0v) is 7.22. The number of pyridine rings is 1. The van der Waals surface area contributed by atoms with Gasteiger partial charge in [0.25, 0.3) is 6.43 Å². The van der Waals surface area contributed by atoms with Crippen molar-refractivity contribution >= 4 is 17.4 Å². The van der Waals surface area contributed by atoms with E-state index in [1.54, 1.807) is 0 Å². The van der Waals surface area contributed by atoms with E-state index in [1.165, 1.54) is 0 Å². The molecular weight excluding hydrogens is 202 g/mol. The van der Waals surface area contributed by atoms with Crippen LogP contribution in [0.4, 0.5) is 14.6 Å². The van der Waals surface area contributed by atoms with Crippen molar-refractivity contribution in [1.29, 1.82) is 0 Å². The van der Waals surface area contributed by atoms with E-state index in [4.69, 9.17) is 22.4 Å². The first-order chi connectivity index (χ1) is 6.06. The molecule has 0 spiro atoms. The molecule has 1 aromatic rings. The average molecular weight is 209 g/mol. The van der Waals surface area contributed by atoms with Gasteiger partial charge < -0.3 is 10.8 Å². The molecule has 0 bridgehead atoms. The summed E-state index contributed by atoms with van der Waals surface area (Å²) in [4.78, 5) is 3.34. The third-order valence-electron chi connectivity index (χ3n) is 1.49. The highest BCUT2D eigenvalue weighted by Crippen LogP contribution is 2.28. The Balaban J connectivity index is 3.25. The number of alkyl halides is 3. The number of aromatic nitrogens is 1. The molecule has 0 aliphatic heterocycles. The topological polar surface area (TPSA) is 59.1 Å². The highest BCUT2D eigenvalue weighted by molar-refractivity contribution is 6.17. The number of anilines is 1. The molecule has 3 nitrogen and oxygen atoms in total. The Labute approximate surface area is 78.1 Å². The molecule has 0 atom stereocenters. The molecule has 1 aromatic heterocycles. The summed E-state index contributed by atoms with van der Waals surface area (Å²) in [5.74, 6) is -0.787. The molecule has 0 aliphatic rings. The highest BCUT2D eigenvalue weighted by atomic mass is 35.5. The van der Waals surface area contributed by atoms with Gasteiger partial charge in [-0.15, -0.1) is 11.6 Å². The van der Waals surface area contributed by atoms with Gasteiger partial charge in [0.2, 0.25) is 0 Å². The maximum absolute atomic E-state index is 12.3. The van der Waals surface area contributed by atoms with Gasteiger partial charge in [0, 0.05) is 5.88 Å². The van der Waals surface area contributed by atoms with Gasteiger partial charge in [-0.2, -0.15) is 0 Å². The fourth-order valence-electron chi connectivity index (χ4n) is 0.868. The molecule has 0 saturated heterocycles. The highest BCUT2D eigenvalue weighted by Gasteiger charge is 2.16. The van der Waals surface area contributed by atoms with Crippen LogP contribution in [0.3, 0.4) is 0 Å². The molecule has 1 rings (SSSR count). The van der Waals surface area contributed by atoms with E-state index in [2.05, 4.69) is 4.98 Å². The zero-order chi connectivity index (χ0) is 10.0. The van der Waals surface area contributed by atoms with Crippen molar-refractivity contribution in [2.24, 2.45) is 0 Å². The second-order valence-corrected chi connectivity index (χ2v) is 2.64. The smallest absolute Gasteiger partial charge is 0.280 e. The van der Waals surface area contributed by atoms with Crippen LogP contribution < -0.4 is 5.73 Å². The summed E-state index contributed by atoms with van der Waals surface area (Å²) in [5.41, 5.74) is 4.75. The summed E-state index contributed by atoms with van der Waals surface area (Å²) in [6, 6.07) is 1.09. The number of rotatable bonds is 2. The van der Waals surface area contributed by atoms with E-state index in [1.807, 2.05) is 0 Å². The van der Waals surface area contributed by atoms with Gasteiger partial charge in [-0.3, -0.25) is 0 Å². The maximum atomic E-state index is 12.3. The van der Waals surface area contributed by atoms with Gasteiger partial charge in [0.05, 0.1) is 0 Å². The second-order valence-electron chi connectivity index (χ2n) is 2.37. The van der Waals surface area contributed by atoms with Crippen molar-refractivity contribution in [2.75, 3.05) is 5.73 Å². The van der Waals surface area contributed by atoms with Gasteiger partial charge in [-0.25, -0.2) is 13.8 Å². The number of hydrogen-bond donors (Lipinski definition) is 2. The Kier molecular flexibility index (Phi) is 2.87. The predicted molar refractivity (Wildman–Crippen MR) is 44.8 cm³/mol. The van der Waals surface area contributed by atoms with E-state index >= 15 is 0 Å². The molecule has 6 heteroatoms. The van der Waals surface area contributed by atoms with E-state index in [-0.39, 0.29) is 23.0 Å². The van der Waals surface area contributed by atoms with E-state index < -0.39 is 12.1 Å². The summed E-state index contributed by atoms with van der Waals surface area (Å²) in [7, 11) is 0. The lowest BCUT2D eigenvalue weighted by molar-refractivity contribution is 0.145. The minimum absolute atomic E-state index is 0.0865. The lowest BCUT2D eigenvalue weighted by atomic mass is 10.2. The molecule has 0 saturated carbocycles. The Bertz CT molecular complexity index is 320. The van der Waals surface area contributed by atoms with Crippen LogP contribution in [0.15, 0.2) is 6.07 Å². The largest absolute Gasteiger partial charge is 0.504 e. The SMILES string of the molecule is Nc1nc(C(F)F)c(CCl)cc1O. The van der Waals surface area contributed by atoms with E-state index in [0.717, 1.165) is 6.07 Å². The van der Waals surface area contributed by atoms with Crippen molar-refractivity contribution in [2.45, 2.75) is 12.3 Å². The summed E-state index contributed by atoms with van der Waals surface area (Å²) in [5, 5.41) is 9.05. The Morgan fingerprint density at radius 1 is 1.62 bits per heavy atom. The molecule has 0 aromatic carbocycles. The molecular formula is C7H7ClF2N2O. The molecule has 0 unspecified atom stereocenters. The molecule has 72 valence electrons. The lowest BCUT2D eigenvalue weighted by Gasteiger charge is -2.07. The quantitative estimate of drug-likeness (QED) is 0.732. The van der Waals surface area contributed by atoms with Crippen molar-refractivity contribution in [3.05, 3.63) is 17.3 Å². The van der Waals surface area contributed by atoms with Gasteiger partial charge in [0.15, 0.2) is 11.6 Å². The fraction of sp³-hybridized carbons (Fsp3) is 0.286. The normalized spacial score (nSPS) is 10.8. The number of halogens is 3. The average Bonchev–Trinajstić information content (AvgIpc) is 2.08. The molecule has 0 radical (unpaired) electrons. The van der Waals surface area contributed by atoms with E-state index in [9.17, 15) is 8.78 Å². The van der Waals surface area contributed by atoms with Gasteiger partial charge >= 0.3 is 0 Å². The van der Waals surface area contributed by atoms with Gasteiger partial charge in [-0.1, -0.05) is 0 Å². The van der Waals surface area contributed by atoms with Crippen LogP contribution in [0.25, 0.3) is 0 Å².